The Morgan fingerprint density at radius 3 is 2.50 bits per heavy atom. The lowest BCUT2D eigenvalue weighted by molar-refractivity contribution is -0.147. The molecule has 0 aromatic heterocycles. The van der Waals surface area contributed by atoms with E-state index in [1.54, 1.807) is 0 Å². The molecule has 0 aliphatic heterocycles. The third kappa shape index (κ3) is 8.05. The molecule has 0 aliphatic carbocycles. The number of rotatable bonds is 8. The zero-order valence-corrected chi connectivity index (χ0v) is 9.64. The first-order valence-electron chi connectivity index (χ1n) is 5.55. The number of hydrogen-bond acceptors (Lipinski definition) is 3. The molecular formula is C11H23NO2. The molecule has 0 heterocycles. The SMILES string of the molecule is CCCCNCCCOC(=O)C(C)C. The summed E-state index contributed by atoms with van der Waals surface area (Å²) in [5, 5.41) is 3.30. The van der Waals surface area contributed by atoms with Crippen LogP contribution in [0.2, 0.25) is 0 Å². The van der Waals surface area contributed by atoms with Crippen LogP contribution < -0.4 is 5.32 Å². The molecule has 0 amide bonds. The van der Waals surface area contributed by atoms with Gasteiger partial charge in [0.15, 0.2) is 0 Å². The topological polar surface area (TPSA) is 38.3 Å². The van der Waals surface area contributed by atoms with E-state index in [0.29, 0.717) is 6.61 Å². The molecule has 3 nitrogen and oxygen atoms in total. The van der Waals surface area contributed by atoms with Crippen LogP contribution in [0.3, 0.4) is 0 Å². The Morgan fingerprint density at radius 2 is 1.93 bits per heavy atom. The standard InChI is InChI=1S/C11H23NO2/c1-4-5-7-12-8-6-9-14-11(13)10(2)3/h10,12H,4-9H2,1-3H3. The van der Waals surface area contributed by atoms with Gasteiger partial charge in [-0.15, -0.1) is 0 Å². The van der Waals surface area contributed by atoms with Gasteiger partial charge in [-0.2, -0.15) is 0 Å². The molecule has 3 heteroatoms. The minimum atomic E-state index is -0.0986. The summed E-state index contributed by atoms with van der Waals surface area (Å²) in [6.07, 6.45) is 3.34. The van der Waals surface area contributed by atoms with Crippen LogP contribution in [0.4, 0.5) is 0 Å². The predicted octanol–water partition coefficient (Wildman–Crippen LogP) is 1.97. The summed E-state index contributed by atoms with van der Waals surface area (Å²) in [6, 6.07) is 0. The van der Waals surface area contributed by atoms with E-state index >= 15 is 0 Å². The first-order valence-corrected chi connectivity index (χ1v) is 5.55. The molecule has 0 aliphatic rings. The van der Waals surface area contributed by atoms with Crippen LogP contribution in [0.15, 0.2) is 0 Å². The van der Waals surface area contributed by atoms with Gasteiger partial charge in [0.05, 0.1) is 12.5 Å². The lowest BCUT2D eigenvalue weighted by Crippen LogP contribution is -2.19. The van der Waals surface area contributed by atoms with Crippen LogP contribution >= 0.6 is 0 Å². The van der Waals surface area contributed by atoms with E-state index in [9.17, 15) is 4.79 Å². The molecule has 0 unspecified atom stereocenters. The van der Waals surface area contributed by atoms with Crippen molar-refractivity contribution >= 4 is 5.97 Å². The highest BCUT2D eigenvalue weighted by molar-refractivity contribution is 5.71. The van der Waals surface area contributed by atoms with Gasteiger partial charge in [0.1, 0.15) is 0 Å². The highest BCUT2D eigenvalue weighted by Gasteiger charge is 2.06. The van der Waals surface area contributed by atoms with Crippen molar-refractivity contribution in [1.29, 1.82) is 0 Å². The Labute approximate surface area is 87.2 Å². The predicted molar refractivity (Wildman–Crippen MR) is 58.2 cm³/mol. The van der Waals surface area contributed by atoms with Crippen molar-refractivity contribution in [2.45, 2.75) is 40.0 Å². The Hall–Kier alpha value is -0.570. The Morgan fingerprint density at radius 1 is 1.29 bits per heavy atom. The summed E-state index contributed by atoms with van der Waals surface area (Å²) in [4.78, 5) is 11.0. The summed E-state index contributed by atoms with van der Waals surface area (Å²) >= 11 is 0. The van der Waals surface area contributed by atoms with Crippen molar-refractivity contribution in [3.63, 3.8) is 0 Å². The minimum Gasteiger partial charge on any atom is -0.465 e. The maximum absolute atomic E-state index is 11.0. The smallest absolute Gasteiger partial charge is 0.308 e. The van der Waals surface area contributed by atoms with Crippen molar-refractivity contribution in [3.8, 4) is 0 Å². The highest BCUT2D eigenvalue weighted by Crippen LogP contribution is 1.96. The van der Waals surface area contributed by atoms with Gasteiger partial charge in [0, 0.05) is 0 Å². The molecule has 0 saturated heterocycles. The maximum atomic E-state index is 11.0. The summed E-state index contributed by atoms with van der Waals surface area (Å²) in [6.45, 7) is 8.41. The summed E-state index contributed by atoms with van der Waals surface area (Å²) in [7, 11) is 0. The Kier molecular flexibility index (Phi) is 8.64. The fourth-order valence-corrected chi connectivity index (χ4v) is 0.963. The van der Waals surface area contributed by atoms with Gasteiger partial charge in [-0.3, -0.25) is 4.79 Å². The summed E-state index contributed by atoms with van der Waals surface area (Å²) in [5.41, 5.74) is 0. The van der Waals surface area contributed by atoms with Crippen molar-refractivity contribution in [2.75, 3.05) is 19.7 Å². The van der Waals surface area contributed by atoms with E-state index < -0.39 is 0 Å². The van der Waals surface area contributed by atoms with Gasteiger partial charge in [0.2, 0.25) is 0 Å². The molecule has 0 fully saturated rings. The number of hydrogen-bond donors (Lipinski definition) is 1. The van der Waals surface area contributed by atoms with Crippen LogP contribution in [-0.2, 0) is 9.53 Å². The van der Waals surface area contributed by atoms with Gasteiger partial charge in [-0.05, 0) is 25.9 Å². The van der Waals surface area contributed by atoms with Crippen LogP contribution in [-0.4, -0.2) is 25.7 Å². The highest BCUT2D eigenvalue weighted by atomic mass is 16.5. The third-order valence-corrected chi connectivity index (χ3v) is 1.92. The number of nitrogens with one attached hydrogen (secondary N) is 1. The molecule has 0 aromatic rings. The van der Waals surface area contributed by atoms with E-state index in [0.717, 1.165) is 19.5 Å². The first kappa shape index (κ1) is 13.4. The second-order valence-electron chi connectivity index (χ2n) is 3.78. The molecule has 0 radical (unpaired) electrons. The van der Waals surface area contributed by atoms with E-state index in [-0.39, 0.29) is 11.9 Å². The van der Waals surface area contributed by atoms with Crippen molar-refractivity contribution in [2.24, 2.45) is 5.92 Å². The molecule has 84 valence electrons. The molecule has 0 aromatic carbocycles. The number of ether oxygens (including phenoxy) is 1. The van der Waals surface area contributed by atoms with Crippen LogP contribution in [0, 0.1) is 5.92 Å². The number of carbonyl (C=O) groups excluding carboxylic acids is 1. The largest absolute Gasteiger partial charge is 0.465 e. The van der Waals surface area contributed by atoms with Crippen molar-refractivity contribution in [1.82, 2.24) is 5.32 Å². The molecule has 0 atom stereocenters. The first-order chi connectivity index (χ1) is 6.68. The maximum Gasteiger partial charge on any atom is 0.308 e. The second kappa shape index (κ2) is 9.00. The zero-order valence-electron chi connectivity index (χ0n) is 9.64. The average molecular weight is 201 g/mol. The van der Waals surface area contributed by atoms with Gasteiger partial charge in [0.25, 0.3) is 0 Å². The summed E-state index contributed by atoms with van der Waals surface area (Å²) in [5.74, 6) is -0.110. The summed E-state index contributed by atoms with van der Waals surface area (Å²) < 4.78 is 5.03. The number of unbranched alkanes of at least 4 members (excludes halogenated alkanes) is 1. The Balaban J connectivity index is 3.10. The quantitative estimate of drug-likeness (QED) is 0.482. The zero-order chi connectivity index (χ0) is 10.8. The molecule has 0 saturated carbocycles. The fraction of sp³-hybridized carbons (Fsp3) is 0.909. The second-order valence-corrected chi connectivity index (χ2v) is 3.78. The third-order valence-electron chi connectivity index (χ3n) is 1.92. The number of esters is 1. The molecule has 0 bridgehead atoms. The van der Waals surface area contributed by atoms with Gasteiger partial charge >= 0.3 is 5.97 Å². The molecule has 0 spiro atoms. The van der Waals surface area contributed by atoms with Crippen LogP contribution in [0.1, 0.15) is 40.0 Å². The number of carbonyl (C=O) groups is 1. The molecule has 14 heavy (non-hydrogen) atoms. The van der Waals surface area contributed by atoms with Gasteiger partial charge in [-0.25, -0.2) is 0 Å². The molecule has 0 rings (SSSR count). The normalized spacial score (nSPS) is 10.6. The van der Waals surface area contributed by atoms with E-state index in [2.05, 4.69) is 12.2 Å². The fourth-order valence-electron chi connectivity index (χ4n) is 0.963. The Bertz CT molecular complexity index is 146. The minimum absolute atomic E-state index is 0.0111. The van der Waals surface area contributed by atoms with Crippen LogP contribution in [0.5, 0.6) is 0 Å². The van der Waals surface area contributed by atoms with Gasteiger partial charge < -0.3 is 10.1 Å². The van der Waals surface area contributed by atoms with E-state index in [1.807, 2.05) is 13.8 Å². The average Bonchev–Trinajstić information content (AvgIpc) is 2.16. The van der Waals surface area contributed by atoms with E-state index in [1.165, 1.54) is 12.8 Å². The lowest BCUT2D eigenvalue weighted by atomic mass is 10.2. The van der Waals surface area contributed by atoms with E-state index in [4.69, 9.17) is 4.74 Å². The monoisotopic (exact) mass is 201 g/mol. The lowest BCUT2D eigenvalue weighted by Gasteiger charge is -2.07. The molecule has 1 N–H and O–H groups in total. The van der Waals surface area contributed by atoms with Gasteiger partial charge in [-0.1, -0.05) is 27.2 Å². The van der Waals surface area contributed by atoms with Crippen LogP contribution in [0.25, 0.3) is 0 Å². The molecular weight excluding hydrogens is 178 g/mol. The van der Waals surface area contributed by atoms with Crippen molar-refractivity contribution in [3.05, 3.63) is 0 Å². The van der Waals surface area contributed by atoms with Crippen molar-refractivity contribution < 1.29 is 9.53 Å².